The Morgan fingerprint density at radius 3 is 2.53 bits per heavy atom. The second-order valence-corrected chi connectivity index (χ2v) is 3.88. The summed E-state index contributed by atoms with van der Waals surface area (Å²) in [6.45, 7) is 3.72. The number of alkyl halides is 1. The topological polar surface area (TPSA) is 58.4 Å². The van der Waals surface area contributed by atoms with Crippen molar-refractivity contribution in [3.05, 3.63) is 11.9 Å². The zero-order valence-corrected chi connectivity index (χ0v) is 11.6. The maximum absolute atomic E-state index is 5.39. The molecule has 0 atom stereocenters. The molecule has 0 N–H and O–H groups in total. The number of hydrogen-bond donors (Lipinski definition) is 0. The molecule has 0 bridgehead atoms. The van der Waals surface area contributed by atoms with Crippen molar-refractivity contribution in [2.75, 3.05) is 40.1 Å². The van der Waals surface area contributed by atoms with Crippen LogP contribution in [0.15, 0.2) is 6.20 Å². The predicted molar refractivity (Wildman–Crippen MR) is 66.2 cm³/mol. The first-order valence-electron chi connectivity index (χ1n) is 5.46. The first-order valence-corrected chi connectivity index (χ1v) is 6.58. The summed E-state index contributed by atoms with van der Waals surface area (Å²) < 4.78 is 17.3. The van der Waals surface area contributed by atoms with E-state index in [1.807, 2.05) is 6.20 Å². The van der Waals surface area contributed by atoms with E-state index in [9.17, 15) is 0 Å². The average Bonchev–Trinajstić information content (AvgIpc) is 2.80. The summed E-state index contributed by atoms with van der Waals surface area (Å²) in [4.78, 5) is 0. The zero-order valence-electron chi connectivity index (χ0n) is 9.97. The minimum Gasteiger partial charge on any atom is -0.382 e. The molecule has 7 heteroatoms. The number of nitrogens with zero attached hydrogens (tertiary/aromatic N) is 3. The minimum absolute atomic E-state index is 0.587. The molecule has 0 aliphatic carbocycles. The van der Waals surface area contributed by atoms with Crippen LogP contribution in [0.4, 0.5) is 0 Å². The van der Waals surface area contributed by atoms with E-state index in [1.165, 1.54) is 0 Å². The molecular weight excluding hydrogens is 290 g/mol. The number of aromatic nitrogens is 3. The Hall–Kier alpha value is -0.500. The van der Waals surface area contributed by atoms with E-state index in [0.29, 0.717) is 39.6 Å². The molecule has 0 fully saturated rings. The highest BCUT2D eigenvalue weighted by Gasteiger charge is 1.98. The standard InChI is InChI=1S/C10H18BrN3O3/c1-15-4-5-17-7-6-16-3-2-14-9-10(8-11)12-13-14/h9H,2-8H2,1H3. The van der Waals surface area contributed by atoms with Crippen LogP contribution in [0.3, 0.4) is 0 Å². The smallest absolute Gasteiger partial charge is 0.0932 e. The molecule has 0 unspecified atom stereocenters. The number of halogens is 1. The van der Waals surface area contributed by atoms with Crippen molar-refractivity contribution in [1.29, 1.82) is 0 Å². The molecule has 0 amide bonds. The van der Waals surface area contributed by atoms with Gasteiger partial charge in [0.05, 0.1) is 45.3 Å². The van der Waals surface area contributed by atoms with Crippen LogP contribution in [0.2, 0.25) is 0 Å². The van der Waals surface area contributed by atoms with Crippen molar-refractivity contribution >= 4 is 15.9 Å². The van der Waals surface area contributed by atoms with Crippen molar-refractivity contribution in [3.8, 4) is 0 Å². The lowest BCUT2D eigenvalue weighted by molar-refractivity contribution is 0.0224. The van der Waals surface area contributed by atoms with Crippen LogP contribution in [0.25, 0.3) is 0 Å². The molecular formula is C10H18BrN3O3. The Kier molecular flexibility index (Phi) is 8.16. The van der Waals surface area contributed by atoms with Crippen LogP contribution in [0.5, 0.6) is 0 Å². The van der Waals surface area contributed by atoms with Crippen molar-refractivity contribution in [1.82, 2.24) is 15.0 Å². The van der Waals surface area contributed by atoms with E-state index in [2.05, 4.69) is 26.2 Å². The highest BCUT2D eigenvalue weighted by atomic mass is 79.9. The van der Waals surface area contributed by atoms with Crippen molar-refractivity contribution in [2.24, 2.45) is 0 Å². The number of methoxy groups -OCH3 is 1. The normalized spacial score (nSPS) is 10.9. The van der Waals surface area contributed by atoms with Crippen molar-refractivity contribution < 1.29 is 14.2 Å². The van der Waals surface area contributed by atoms with Crippen molar-refractivity contribution in [3.63, 3.8) is 0 Å². The Bertz CT molecular complexity index is 296. The van der Waals surface area contributed by atoms with Gasteiger partial charge in [-0.3, -0.25) is 0 Å². The van der Waals surface area contributed by atoms with E-state index in [1.54, 1.807) is 11.8 Å². The molecule has 1 heterocycles. The van der Waals surface area contributed by atoms with Crippen LogP contribution < -0.4 is 0 Å². The molecule has 98 valence electrons. The van der Waals surface area contributed by atoms with Gasteiger partial charge in [-0.15, -0.1) is 5.10 Å². The highest BCUT2D eigenvalue weighted by Crippen LogP contribution is 1.98. The lowest BCUT2D eigenvalue weighted by Crippen LogP contribution is -2.12. The molecule has 0 aliphatic heterocycles. The van der Waals surface area contributed by atoms with Gasteiger partial charge in [0.1, 0.15) is 0 Å². The van der Waals surface area contributed by atoms with Crippen LogP contribution in [0, 0.1) is 0 Å². The summed E-state index contributed by atoms with van der Waals surface area (Å²) in [6, 6.07) is 0. The van der Waals surface area contributed by atoms with Gasteiger partial charge in [0, 0.05) is 18.6 Å². The Balaban J connectivity index is 1.93. The molecule has 1 rings (SSSR count). The third-order valence-corrected chi connectivity index (χ3v) is 2.57. The lowest BCUT2D eigenvalue weighted by atomic mass is 10.5. The van der Waals surface area contributed by atoms with E-state index in [0.717, 1.165) is 11.0 Å². The molecule has 0 aromatic carbocycles. The van der Waals surface area contributed by atoms with Gasteiger partial charge in [-0.1, -0.05) is 21.1 Å². The Morgan fingerprint density at radius 2 is 1.88 bits per heavy atom. The van der Waals surface area contributed by atoms with Gasteiger partial charge < -0.3 is 14.2 Å². The van der Waals surface area contributed by atoms with E-state index >= 15 is 0 Å². The molecule has 1 aromatic heterocycles. The van der Waals surface area contributed by atoms with Gasteiger partial charge in [-0.2, -0.15) is 0 Å². The SMILES string of the molecule is COCCOCCOCCn1cc(CBr)nn1. The van der Waals surface area contributed by atoms with Crippen molar-refractivity contribution in [2.45, 2.75) is 11.9 Å². The fraction of sp³-hybridized carbons (Fsp3) is 0.800. The zero-order chi connectivity index (χ0) is 12.3. The summed E-state index contributed by atoms with van der Waals surface area (Å²) in [5.41, 5.74) is 0.924. The van der Waals surface area contributed by atoms with Gasteiger partial charge in [-0.05, 0) is 0 Å². The monoisotopic (exact) mass is 307 g/mol. The average molecular weight is 308 g/mol. The summed E-state index contributed by atoms with van der Waals surface area (Å²) in [7, 11) is 1.65. The Morgan fingerprint density at radius 1 is 1.18 bits per heavy atom. The molecule has 0 saturated heterocycles. The molecule has 0 spiro atoms. The summed E-state index contributed by atoms with van der Waals surface area (Å²) in [5.74, 6) is 0. The summed E-state index contributed by atoms with van der Waals surface area (Å²) in [6.07, 6.45) is 1.90. The first-order chi connectivity index (χ1) is 8.36. The Labute approximate surface area is 109 Å². The second-order valence-electron chi connectivity index (χ2n) is 3.32. The number of ether oxygens (including phenoxy) is 3. The van der Waals surface area contributed by atoms with Gasteiger partial charge in [0.25, 0.3) is 0 Å². The van der Waals surface area contributed by atoms with Crippen LogP contribution >= 0.6 is 15.9 Å². The van der Waals surface area contributed by atoms with Crippen LogP contribution in [-0.4, -0.2) is 55.1 Å². The molecule has 0 saturated carbocycles. The first kappa shape index (κ1) is 14.6. The fourth-order valence-corrected chi connectivity index (χ4v) is 1.39. The minimum atomic E-state index is 0.587. The van der Waals surface area contributed by atoms with Gasteiger partial charge in [0.2, 0.25) is 0 Å². The summed E-state index contributed by atoms with van der Waals surface area (Å²) >= 11 is 3.32. The molecule has 6 nitrogen and oxygen atoms in total. The maximum Gasteiger partial charge on any atom is 0.0932 e. The van der Waals surface area contributed by atoms with Crippen LogP contribution in [0.1, 0.15) is 5.69 Å². The molecule has 1 aromatic rings. The second kappa shape index (κ2) is 9.52. The number of hydrogen-bond acceptors (Lipinski definition) is 5. The van der Waals surface area contributed by atoms with Gasteiger partial charge in [0.15, 0.2) is 0 Å². The van der Waals surface area contributed by atoms with E-state index in [4.69, 9.17) is 14.2 Å². The number of rotatable bonds is 10. The molecule has 0 aliphatic rings. The molecule has 0 radical (unpaired) electrons. The quantitative estimate of drug-likeness (QED) is 0.474. The third-order valence-electron chi connectivity index (χ3n) is 1.99. The predicted octanol–water partition coefficient (Wildman–Crippen LogP) is 0.853. The van der Waals surface area contributed by atoms with E-state index < -0.39 is 0 Å². The largest absolute Gasteiger partial charge is 0.382 e. The van der Waals surface area contributed by atoms with Crippen LogP contribution in [-0.2, 0) is 26.1 Å². The van der Waals surface area contributed by atoms with E-state index in [-0.39, 0.29) is 0 Å². The van der Waals surface area contributed by atoms with Gasteiger partial charge >= 0.3 is 0 Å². The highest BCUT2D eigenvalue weighted by molar-refractivity contribution is 9.08. The molecule has 17 heavy (non-hydrogen) atoms. The maximum atomic E-state index is 5.39. The lowest BCUT2D eigenvalue weighted by Gasteiger charge is -2.05. The summed E-state index contributed by atoms with van der Waals surface area (Å²) in [5, 5.41) is 8.63. The van der Waals surface area contributed by atoms with Gasteiger partial charge in [-0.25, -0.2) is 4.68 Å². The fourth-order valence-electron chi connectivity index (χ4n) is 1.13. The third kappa shape index (κ3) is 6.72.